The van der Waals surface area contributed by atoms with Crippen LogP contribution in [0.1, 0.15) is 21.5 Å². The molecule has 1 heterocycles. The van der Waals surface area contributed by atoms with Crippen molar-refractivity contribution in [2.45, 2.75) is 24.5 Å². The molecule has 2 aromatic rings. The molecule has 0 unspecified atom stereocenters. The van der Waals surface area contributed by atoms with Gasteiger partial charge in [-0.2, -0.15) is 13.2 Å². The number of alkyl halides is 3. The molecule has 2 rings (SSSR count). The standard InChI is InChI=1S/C19H22F3N3O5S/c1-13-5-6-15(31(27,28)25-8-9-29-2)10-16(13)17(26)24-11-14-4-3-7-23-18(14)30-12-19(20,21)22/h3-7,10,25H,8-9,11-12H2,1-2H3,(H,24,26). The zero-order valence-electron chi connectivity index (χ0n) is 16.8. The van der Waals surface area contributed by atoms with Crippen LogP contribution in [0.5, 0.6) is 5.88 Å². The van der Waals surface area contributed by atoms with Gasteiger partial charge in [-0.05, 0) is 30.7 Å². The number of rotatable bonds is 10. The number of aromatic nitrogens is 1. The molecule has 170 valence electrons. The first-order valence-electron chi connectivity index (χ1n) is 9.04. The summed E-state index contributed by atoms with van der Waals surface area (Å²) in [7, 11) is -2.41. The van der Waals surface area contributed by atoms with Gasteiger partial charge >= 0.3 is 6.18 Å². The van der Waals surface area contributed by atoms with Gasteiger partial charge in [-0.3, -0.25) is 4.79 Å². The zero-order valence-corrected chi connectivity index (χ0v) is 17.6. The topological polar surface area (TPSA) is 107 Å². The van der Waals surface area contributed by atoms with Gasteiger partial charge in [0, 0.05) is 37.5 Å². The van der Waals surface area contributed by atoms with Gasteiger partial charge in [0.1, 0.15) is 0 Å². The second-order valence-electron chi connectivity index (χ2n) is 6.42. The number of nitrogens with zero attached hydrogens (tertiary/aromatic N) is 1. The number of aryl methyl sites for hydroxylation is 1. The Labute approximate surface area is 177 Å². The van der Waals surface area contributed by atoms with Gasteiger partial charge in [0.15, 0.2) is 6.61 Å². The van der Waals surface area contributed by atoms with Crippen molar-refractivity contribution < 1.29 is 35.9 Å². The van der Waals surface area contributed by atoms with Crippen molar-refractivity contribution in [1.82, 2.24) is 15.0 Å². The van der Waals surface area contributed by atoms with E-state index in [-0.39, 0.29) is 41.6 Å². The SMILES string of the molecule is COCCNS(=O)(=O)c1ccc(C)c(C(=O)NCc2cccnc2OCC(F)(F)F)c1. The highest BCUT2D eigenvalue weighted by Crippen LogP contribution is 2.20. The first-order valence-corrected chi connectivity index (χ1v) is 10.5. The van der Waals surface area contributed by atoms with Gasteiger partial charge in [0.2, 0.25) is 15.9 Å². The number of amides is 1. The molecule has 0 spiro atoms. The van der Waals surface area contributed by atoms with Crippen LogP contribution in [0.2, 0.25) is 0 Å². The Kier molecular flexibility index (Phi) is 8.36. The molecule has 1 amide bonds. The third-order valence-electron chi connectivity index (χ3n) is 4.02. The van der Waals surface area contributed by atoms with Gasteiger partial charge in [-0.1, -0.05) is 12.1 Å². The summed E-state index contributed by atoms with van der Waals surface area (Å²) < 4.78 is 73.8. The Morgan fingerprint density at radius 1 is 1.23 bits per heavy atom. The number of hydrogen-bond donors (Lipinski definition) is 2. The second-order valence-corrected chi connectivity index (χ2v) is 8.19. The number of carbonyl (C=O) groups is 1. The number of nitrogens with one attached hydrogen (secondary N) is 2. The molecule has 0 bridgehead atoms. The Morgan fingerprint density at radius 3 is 2.65 bits per heavy atom. The fourth-order valence-electron chi connectivity index (χ4n) is 2.48. The number of pyridine rings is 1. The summed E-state index contributed by atoms with van der Waals surface area (Å²) in [6, 6.07) is 7.04. The van der Waals surface area contributed by atoms with Crippen LogP contribution < -0.4 is 14.8 Å². The zero-order chi connectivity index (χ0) is 23.1. The Morgan fingerprint density at radius 2 is 1.97 bits per heavy atom. The van der Waals surface area contributed by atoms with E-state index in [0.717, 1.165) is 0 Å². The predicted octanol–water partition coefficient (Wildman–Crippen LogP) is 2.19. The van der Waals surface area contributed by atoms with Crippen molar-refractivity contribution in [2.75, 3.05) is 26.9 Å². The van der Waals surface area contributed by atoms with Gasteiger partial charge in [0.05, 0.1) is 11.5 Å². The van der Waals surface area contributed by atoms with E-state index >= 15 is 0 Å². The molecule has 0 fully saturated rings. The van der Waals surface area contributed by atoms with E-state index in [1.54, 1.807) is 6.92 Å². The molecule has 0 aliphatic rings. The lowest BCUT2D eigenvalue weighted by molar-refractivity contribution is -0.154. The maximum absolute atomic E-state index is 12.6. The lowest BCUT2D eigenvalue weighted by atomic mass is 10.1. The van der Waals surface area contributed by atoms with Gasteiger partial charge in [0.25, 0.3) is 5.91 Å². The van der Waals surface area contributed by atoms with Crippen LogP contribution in [0, 0.1) is 6.92 Å². The van der Waals surface area contributed by atoms with E-state index in [9.17, 15) is 26.4 Å². The molecule has 0 saturated carbocycles. The summed E-state index contributed by atoms with van der Waals surface area (Å²) in [5.41, 5.74) is 0.868. The summed E-state index contributed by atoms with van der Waals surface area (Å²) in [6.07, 6.45) is -3.26. The normalized spacial score (nSPS) is 11.9. The van der Waals surface area contributed by atoms with E-state index < -0.39 is 28.7 Å². The highest BCUT2D eigenvalue weighted by molar-refractivity contribution is 7.89. The lowest BCUT2D eigenvalue weighted by Gasteiger charge is -2.13. The Bertz CT molecular complexity index is 1010. The lowest BCUT2D eigenvalue weighted by Crippen LogP contribution is -2.28. The minimum Gasteiger partial charge on any atom is -0.468 e. The number of ether oxygens (including phenoxy) is 2. The van der Waals surface area contributed by atoms with Crippen molar-refractivity contribution in [2.24, 2.45) is 0 Å². The summed E-state index contributed by atoms with van der Waals surface area (Å²) in [5, 5.41) is 2.55. The molecular weight excluding hydrogens is 439 g/mol. The fraction of sp³-hybridized carbons (Fsp3) is 0.368. The minimum atomic E-state index is -4.53. The third kappa shape index (κ3) is 7.49. The smallest absolute Gasteiger partial charge is 0.422 e. The average molecular weight is 461 g/mol. The second kappa shape index (κ2) is 10.6. The van der Waals surface area contributed by atoms with Crippen molar-refractivity contribution >= 4 is 15.9 Å². The molecule has 0 radical (unpaired) electrons. The Hall–Kier alpha value is -2.70. The van der Waals surface area contributed by atoms with Crippen LogP contribution in [-0.4, -0.2) is 52.4 Å². The molecule has 2 N–H and O–H groups in total. The predicted molar refractivity (Wildman–Crippen MR) is 105 cm³/mol. The van der Waals surface area contributed by atoms with E-state index in [0.29, 0.717) is 5.56 Å². The van der Waals surface area contributed by atoms with Crippen LogP contribution in [0.25, 0.3) is 0 Å². The highest BCUT2D eigenvalue weighted by atomic mass is 32.2. The molecule has 8 nitrogen and oxygen atoms in total. The van der Waals surface area contributed by atoms with Crippen LogP contribution in [-0.2, 0) is 21.3 Å². The number of halogens is 3. The molecule has 1 aromatic heterocycles. The summed E-state index contributed by atoms with van der Waals surface area (Å²) in [4.78, 5) is 16.3. The molecule has 0 atom stereocenters. The summed E-state index contributed by atoms with van der Waals surface area (Å²) >= 11 is 0. The third-order valence-corrected chi connectivity index (χ3v) is 5.48. The van der Waals surface area contributed by atoms with Gasteiger partial charge in [-0.15, -0.1) is 0 Å². The largest absolute Gasteiger partial charge is 0.468 e. The number of hydrogen-bond acceptors (Lipinski definition) is 6. The van der Waals surface area contributed by atoms with Crippen LogP contribution in [0.15, 0.2) is 41.4 Å². The number of sulfonamides is 1. The first-order chi connectivity index (χ1) is 14.5. The molecule has 0 saturated heterocycles. The molecule has 1 aromatic carbocycles. The monoisotopic (exact) mass is 461 g/mol. The van der Waals surface area contributed by atoms with Gasteiger partial charge < -0.3 is 14.8 Å². The quantitative estimate of drug-likeness (QED) is 0.526. The van der Waals surface area contributed by atoms with Crippen LogP contribution in [0.3, 0.4) is 0 Å². The van der Waals surface area contributed by atoms with Crippen LogP contribution in [0.4, 0.5) is 13.2 Å². The van der Waals surface area contributed by atoms with Crippen molar-refractivity contribution in [3.63, 3.8) is 0 Å². The van der Waals surface area contributed by atoms with Crippen molar-refractivity contribution in [3.05, 3.63) is 53.2 Å². The highest BCUT2D eigenvalue weighted by Gasteiger charge is 2.29. The first kappa shape index (κ1) is 24.6. The number of methoxy groups -OCH3 is 1. The molecule has 0 aliphatic carbocycles. The molecule has 0 aliphatic heterocycles. The van der Waals surface area contributed by atoms with Crippen molar-refractivity contribution in [1.29, 1.82) is 0 Å². The summed E-state index contributed by atoms with van der Waals surface area (Å²) in [5.74, 6) is -0.854. The fourth-order valence-corrected chi connectivity index (χ4v) is 3.52. The maximum atomic E-state index is 12.6. The summed E-state index contributed by atoms with van der Waals surface area (Å²) in [6.45, 7) is 0.201. The van der Waals surface area contributed by atoms with E-state index in [1.165, 1.54) is 43.6 Å². The molecular formula is C19H22F3N3O5S. The minimum absolute atomic E-state index is 0.0654. The number of carbonyl (C=O) groups excluding carboxylic acids is 1. The van der Waals surface area contributed by atoms with E-state index in [4.69, 9.17) is 4.74 Å². The average Bonchev–Trinajstić information content (AvgIpc) is 2.70. The number of benzene rings is 1. The van der Waals surface area contributed by atoms with Crippen molar-refractivity contribution in [3.8, 4) is 5.88 Å². The Balaban J connectivity index is 2.13. The van der Waals surface area contributed by atoms with E-state index in [1.807, 2.05) is 0 Å². The van der Waals surface area contributed by atoms with E-state index in [2.05, 4.69) is 19.8 Å². The van der Waals surface area contributed by atoms with Crippen LogP contribution >= 0.6 is 0 Å². The molecule has 31 heavy (non-hydrogen) atoms. The maximum Gasteiger partial charge on any atom is 0.422 e. The van der Waals surface area contributed by atoms with Gasteiger partial charge in [-0.25, -0.2) is 18.1 Å². The molecule has 12 heteroatoms.